The van der Waals surface area contributed by atoms with Crippen LogP contribution in [0.25, 0.3) is 11.0 Å². The fraction of sp³-hybridized carbons (Fsp3) is 0.333. The molecule has 138 valence electrons. The van der Waals surface area contributed by atoms with Gasteiger partial charge in [-0.1, -0.05) is 13.8 Å². The lowest BCUT2D eigenvalue weighted by Crippen LogP contribution is -2.23. The van der Waals surface area contributed by atoms with Crippen molar-refractivity contribution in [2.24, 2.45) is 5.92 Å². The van der Waals surface area contributed by atoms with Gasteiger partial charge in [0.25, 0.3) is 5.56 Å². The number of pyridine rings is 2. The minimum Gasteiger partial charge on any atom is -0.394 e. The molecule has 2 N–H and O–H groups in total. The van der Waals surface area contributed by atoms with Gasteiger partial charge in [0.05, 0.1) is 35.2 Å². The van der Waals surface area contributed by atoms with Gasteiger partial charge in [-0.05, 0) is 37.0 Å². The van der Waals surface area contributed by atoms with Crippen LogP contribution in [0.15, 0.2) is 29.3 Å². The van der Waals surface area contributed by atoms with Crippen molar-refractivity contribution in [3.8, 4) is 0 Å². The normalized spacial score (nSPS) is 11.6. The number of rotatable bonds is 5. The second-order valence-electron chi connectivity index (χ2n) is 6.71. The number of aromatic nitrogens is 3. The van der Waals surface area contributed by atoms with Crippen LogP contribution in [0.3, 0.4) is 0 Å². The number of hydrogen-bond donors (Lipinski definition) is 1. The minimum absolute atomic E-state index is 0.0116. The summed E-state index contributed by atoms with van der Waals surface area (Å²) in [5.41, 5.74) is 8.10. The van der Waals surface area contributed by atoms with Crippen molar-refractivity contribution < 1.29 is 8.28 Å². The highest BCUT2D eigenvalue weighted by molar-refractivity contribution is 7.93. The van der Waals surface area contributed by atoms with Gasteiger partial charge in [-0.25, -0.2) is 4.39 Å². The number of aryl methyl sites for hydroxylation is 1. The van der Waals surface area contributed by atoms with Crippen molar-refractivity contribution in [1.29, 1.82) is 0 Å². The maximum Gasteiger partial charge on any atom is 0.274 e. The number of nitrogens with zero attached hydrogens (tertiary/aromatic N) is 3. The Balaban J connectivity index is 2.25. The largest absolute Gasteiger partial charge is 0.394 e. The average Bonchev–Trinajstić information content (AvgIpc) is 2.86. The molecule has 5 nitrogen and oxygen atoms in total. The Bertz CT molecular complexity index is 1030. The topological polar surface area (TPSA) is 65.8 Å². The Kier molecular flexibility index (Phi) is 5.04. The molecule has 26 heavy (non-hydrogen) atoms. The Morgan fingerprint density at radius 2 is 2.12 bits per heavy atom. The van der Waals surface area contributed by atoms with Gasteiger partial charge in [-0.2, -0.15) is 0 Å². The zero-order valence-corrected chi connectivity index (χ0v) is 15.6. The Hall–Kier alpha value is -2.35. The monoisotopic (exact) mass is 378 g/mol. The molecule has 0 spiro atoms. The molecule has 0 radical (unpaired) electrons. The van der Waals surface area contributed by atoms with E-state index in [1.807, 2.05) is 13.8 Å². The highest BCUT2D eigenvalue weighted by Crippen LogP contribution is 2.33. The van der Waals surface area contributed by atoms with Crippen molar-refractivity contribution in [1.82, 2.24) is 13.5 Å². The number of nitrogen functional groups attached to an aromatic ring is 1. The van der Waals surface area contributed by atoms with Gasteiger partial charge in [-0.3, -0.25) is 13.8 Å². The highest BCUT2D eigenvalue weighted by Gasteiger charge is 2.22. The predicted octanol–water partition coefficient (Wildman–Crippen LogP) is 3.86. The summed E-state index contributed by atoms with van der Waals surface area (Å²) in [5, 5.41) is 0. The summed E-state index contributed by atoms with van der Waals surface area (Å²) in [5.74, 6) is -0.255. The van der Waals surface area contributed by atoms with E-state index in [2.05, 4.69) is 4.98 Å². The SMILES string of the molecule is Cc1c(Cn2cccc(N)c2=O)n(SF)c2c(CC(C)C)c(F)cnc12. The van der Waals surface area contributed by atoms with E-state index in [1.54, 1.807) is 19.2 Å². The molecular weight excluding hydrogens is 358 g/mol. The maximum absolute atomic E-state index is 14.4. The summed E-state index contributed by atoms with van der Waals surface area (Å²) in [6, 6.07) is 3.17. The summed E-state index contributed by atoms with van der Waals surface area (Å²) >= 11 is -0.0116. The lowest BCUT2D eigenvalue weighted by molar-refractivity contribution is 0.573. The van der Waals surface area contributed by atoms with E-state index in [0.717, 1.165) is 0 Å². The Labute approximate surface area is 154 Å². The molecule has 3 aromatic heterocycles. The molecule has 0 saturated heterocycles. The number of halogens is 2. The molecule has 0 atom stereocenters. The molecule has 0 aliphatic heterocycles. The third-order valence-electron chi connectivity index (χ3n) is 4.39. The lowest BCUT2D eigenvalue weighted by atomic mass is 10.0. The Morgan fingerprint density at radius 3 is 2.77 bits per heavy atom. The third-order valence-corrected chi connectivity index (χ3v) is 4.93. The van der Waals surface area contributed by atoms with Gasteiger partial charge < -0.3 is 10.3 Å². The first-order valence-electron chi connectivity index (χ1n) is 8.26. The fourth-order valence-corrected chi connectivity index (χ4v) is 3.68. The summed E-state index contributed by atoms with van der Waals surface area (Å²) in [4.78, 5) is 16.4. The summed E-state index contributed by atoms with van der Waals surface area (Å²) in [7, 11) is 0. The number of anilines is 1. The molecule has 0 fully saturated rings. The van der Waals surface area contributed by atoms with E-state index in [-0.39, 0.29) is 36.0 Å². The molecule has 0 bridgehead atoms. The fourth-order valence-electron chi connectivity index (χ4n) is 3.14. The standard InChI is InChI=1S/C18H20F2N4OS/c1-10(2)7-12-13(19)8-22-16-11(3)15(24(26-20)17(12)16)9-23-6-4-5-14(21)18(23)25/h4-6,8,10H,7,9,21H2,1-3H3. The van der Waals surface area contributed by atoms with Gasteiger partial charge in [0.2, 0.25) is 0 Å². The summed E-state index contributed by atoms with van der Waals surface area (Å²) in [6.07, 6.45) is 3.23. The van der Waals surface area contributed by atoms with E-state index >= 15 is 0 Å². The molecule has 0 aromatic carbocycles. The van der Waals surface area contributed by atoms with Crippen LogP contribution in [-0.2, 0) is 13.0 Å². The highest BCUT2D eigenvalue weighted by atomic mass is 32.2. The zero-order valence-electron chi connectivity index (χ0n) is 14.8. The first kappa shape index (κ1) is 18.4. The Morgan fingerprint density at radius 1 is 1.38 bits per heavy atom. The molecule has 3 aromatic rings. The van der Waals surface area contributed by atoms with Crippen LogP contribution in [-0.4, -0.2) is 13.5 Å². The second-order valence-corrected chi connectivity index (χ2v) is 7.21. The van der Waals surface area contributed by atoms with E-state index in [1.165, 1.54) is 20.8 Å². The molecule has 0 aliphatic carbocycles. The van der Waals surface area contributed by atoms with Crippen molar-refractivity contribution in [3.63, 3.8) is 0 Å². The van der Waals surface area contributed by atoms with Crippen LogP contribution in [0.5, 0.6) is 0 Å². The van der Waals surface area contributed by atoms with Crippen molar-refractivity contribution >= 4 is 29.1 Å². The number of fused-ring (bicyclic) bond motifs is 1. The van der Waals surface area contributed by atoms with Gasteiger partial charge in [0.1, 0.15) is 5.82 Å². The van der Waals surface area contributed by atoms with Crippen molar-refractivity contribution in [3.05, 3.63) is 57.5 Å². The van der Waals surface area contributed by atoms with Crippen molar-refractivity contribution in [2.75, 3.05) is 5.73 Å². The van der Waals surface area contributed by atoms with E-state index in [0.29, 0.717) is 34.3 Å². The van der Waals surface area contributed by atoms with Crippen molar-refractivity contribution in [2.45, 2.75) is 33.7 Å². The molecule has 3 heterocycles. The quantitative estimate of drug-likeness (QED) is 0.732. The van der Waals surface area contributed by atoms with Gasteiger partial charge in [-0.15, -0.1) is 3.89 Å². The average molecular weight is 378 g/mol. The first-order valence-corrected chi connectivity index (χ1v) is 8.93. The molecule has 0 saturated carbocycles. The van der Waals surface area contributed by atoms with Gasteiger partial charge >= 0.3 is 0 Å². The summed E-state index contributed by atoms with van der Waals surface area (Å²) < 4.78 is 31.0. The van der Waals surface area contributed by atoms with E-state index < -0.39 is 5.82 Å². The van der Waals surface area contributed by atoms with Crippen LogP contribution >= 0.6 is 12.3 Å². The van der Waals surface area contributed by atoms with Gasteiger partial charge in [0.15, 0.2) is 12.3 Å². The van der Waals surface area contributed by atoms with Crippen LogP contribution < -0.4 is 11.3 Å². The zero-order chi connectivity index (χ0) is 19.0. The van der Waals surface area contributed by atoms with Gasteiger partial charge in [0, 0.05) is 11.8 Å². The predicted molar refractivity (Wildman–Crippen MR) is 101 cm³/mol. The molecule has 3 rings (SSSR count). The molecule has 0 amide bonds. The van der Waals surface area contributed by atoms with Crippen LogP contribution in [0.2, 0.25) is 0 Å². The summed E-state index contributed by atoms with van der Waals surface area (Å²) in [6.45, 7) is 5.86. The lowest BCUT2D eigenvalue weighted by Gasteiger charge is -2.11. The van der Waals surface area contributed by atoms with E-state index in [9.17, 15) is 13.1 Å². The molecule has 0 aliphatic rings. The minimum atomic E-state index is -0.452. The van der Waals surface area contributed by atoms with E-state index in [4.69, 9.17) is 5.73 Å². The number of nitrogens with two attached hydrogens (primary N) is 1. The van der Waals surface area contributed by atoms with Crippen LogP contribution in [0.4, 0.5) is 14.0 Å². The second kappa shape index (κ2) is 7.11. The molecular formula is C18H20F2N4OS. The third kappa shape index (κ3) is 3.09. The van der Waals surface area contributed by atoms with Crippen LogP contribution in [0, 0.1) is 18.7 Å². The van der Waals surface area contributed by atoms with Crippen LogP contribution in [0.1, 0.15) is 30.7 Å². The molecule has 0 unspecified atom stereocenters. The first-order chi connectivity index (χ1) is 12.3. The smallest absolute Gasteiger partial charge is 0.274 e. The number of hydrogen-bond acceptors (Lipinski definition) is 4. The molecule has 8 heteroatoms. The maximum atomic E-state index is 14.4.